The number of primary amides is 1. The summed E-state index contributed by atoms with van der Waals surface area (Å²) in [6.07, 6.45) is 0.501. The van der Waals surface area contributed by atoms with Gasteiger partial charge in [-0.2, -0.15) is 0 Å². The second-order valence-corrected chi connectivity index (χ2v) is 6.48. The first-order chi connectivity index (χ1) is 11.2. The highest BCUT2D eigenvalue weighted by Gasteiger charge is 2.36. The number of fused-ring (bicyclic) bond motifs is 1. The quantitative estimate of drug-likeness (QED) is 0.917. The summed E-state index contributed by atoms with van der Waals surface area (Å²) in [4.78, 5) is 25.9. The van der Waals surface area contributed by atoms with Crippen LogP contribution >= 0.6 is 11.8 Å². The maximum absolute atomic E-state index is 12.6. The standard InChI is InChI=1S/C18H18N2O2S/c19-18(22)16-10-14-8-4-5-9-15(14)20(16)17(21)12-23-11-13-6-2-1-3-7-13/h1-9,16H,10-12H2,(H2,19,22)/t16-/m0/s1. The molecule has 0 spiro atoms. The van der Waals surface area contributed by atoms with Crippen molar-refractivity contribution in [2.45, 2.75) is 18.2 Å². The predicted molar refractivity (Wildman–Crippen MR) is 93.2 cm³/mol. The second kappa shape index (κ2) is 6.87. The Morgan fingerprint density at radius 3 is 2.52 bits per heavy atom. The summed E-state index contributed by atoms with van der Waals surface area (Å²) in [5.41, 5.74) is 8.47. The van der Waals surface area contributed by atoms with Crippen molar-refractivity contribution in [2.75, 3.05) is 10.7 Å². The van der Waals surface area contributed by atoms with Crippen molar-refractivity contribution in [1.82, 2.24) is 0 Å². The van der Waals surface area contributed by atoms with E-state index in [9.17, 15) is 9.59 Å². The van der Waals surface area contributed by atoms with Gasteiger partial charge in [0.25, 0.3) is 0 Å². The first kappa shape index (κ1) is 15.6. The number of hydrogen-bond acceptors (Lipinski definition) is 3. The number of hydrogen-bond donors (Lipinski definition) is 1. The number of carbonyl (C=O) groups excluding carboxylic acids is 2. The Morgan fingerprint density at radius 1 is 1.09 bits per heavy atom. The summed E-state index contributed by atoms with van der Waals surface area (Å²) in [5, 5.41) is 0. The van der Waals surface area contributed by atoms with E-state index in [-0.39, 0.29) is 5.91 Å². The summed E-state index contributed by atoms with van der Waals surface area (Å²) in [7, 11) is 0. The number of rotatable bonds is 5. The lowest BCUT2D eigenvalue weighted by atomic mass is 10.1. The van der Waals surface area contributed by atoms with Gasteiger partial charge in [0, 0.05) is 17.9 Å². The maximum Gasteiger partial charge on any atom is 0.240 e. The molecular weight excluding hydrogens is 308 g/mol. The fourth-order valence-corrected chi connectivity index (χ4v) is 3.67. The largest absolute Gasteiger partial charge is 0.368 e. The molecule has 0 aromatic heterocycles. The van der Waals surface area contributed by atoms with Gasteiger partial charge in [-0.15, -0.1) is 11.8 Å². The van der Waals surface area contributed by atoms with E-state index >= 15 is 0 Å². The molecule has 0 radical (unpaired) electrons. The minimum atomic E-state index is -0.572. The molecule has 1 heterocycles. The van der Waals surface area contributed by atoms with E-state index in [2.05, 4.69) is 0 Å². The van der Waals surface area contributed by atoms with Gasteiger partial charge < -0.3 is 5.73 Å². The van der Waals surface area contributed by atoms with Gasteiger partial charge in [-0.3, -0.25) is 14.5 Å². The van der Waals surface area contributed by atoms with Crippen LogP contribution in [-0.4, -0.2) is 23.6 Å². The molecule has 2 aromatic carbocycles. The molecule has 2 N–H and O–H groups in total. The zero-order valence-electron chi connectivity index (χ0n) is 12.6. The van der Waals surface area contributed by atoms with Gasteiger partial charge in [-0.25, -0.2) is 0 Å². The molecule has 0 aliphatic carbocycles. The van der Waals surface area contributed by atoms with E-state index in [1.807, 2.05) is 54.6 Å². The molecule has 1 aliphatic rings. The van der Waals surface area contributed by atoms with Crippen molar-refractivity contribution < 1.29 is 9.59 Å². The average molecular weight is 326 g/mol. The Bertz CT molecular complexity index is 718. The molecule has 0 unspecified atom stereocenters. The fraction of sp³-hybridized carbons (Fsp3) is 0.222. The van der Waals surface area contributed by atoms with Crippen LogP contribution in [0, 0.1) is 0 Å². The highest BCUT2D eigenvalue weighted by Crippen LogP contribution is 2.32. The van der Waals surface area contributed by atoms with Gasteiger partial charge in [-0.05, 0) is 17.2 Å². The predicted octanol–water partition coefficient (Wildman–Crippen LogP) is 2.36. The fourth-order valence-electron chi connectivity index (χ4n) is 2.82. The molecule has 1 atom stereocenters. The summed E-state index contributed by atoms with van der Waals surface area (Å²) >= 11 is 1.55. The molecule has 2 aromatic rings. The van der Waals surface area contributed by atoms with Crippen LogP contribution < -0.4 is 10.6 Å². The molecule has 0 bridgehead atoms. The SMILES string of the molecule is NC(=O)[C@@H]1Cc2ccccc2N1C(=O)CSCc1ccccc1. The van der Waals surface area contributed by atoms with Crippen molar-refractivity contribution in [3.63, 3.8) is 0 Å². The second-order valence-electron chi connectivity index (χ2n) is 5.49. The number of benzene rings is 2. The number of carbonyl (C=O) groups is 2. The van der Waals surface area contributed by atoms with Crippen molar-refractivity contribution in [3.05, 3.63) is 65.7 Å². The highest BCUT2D eigenvalue weighted by molar-refractivity contribution is 7.99. The molecule has 118 valence electrons. The number of nitrogens with zero attached hydrogens (tertiary/aromatic N) is 1. The molecule has 3 rings (SSSR count). The Hall–Kier alpha value is -2.27. The normalized spacial score (nSPS) is 16.2. The summed E-state index contributed by atoms with van der Waals surface area (Å²) < 4.78 is 0. The van der Waals surface area contributed by atoms with E-state index in [4.69, 9.17) is 5.73 Å². The number of nitrogens with two attached hydrogens (primary N) is 1. The third kappa shape index (κ3) is 3.40. The molecule has 23 heavy (non-hydrogen) atoms. The van der Waals surface area contributed by atoms with Crippen molar-refractivity contribution >= 4 is 29.3 Å². The van der Waals surface area contributed by atoms with E-state index in [1.54, 1.807) is 16.7 Å². The smallest absolute Gasteiger partial charge is 0.240 e. The van der Waals surface area contributed by atoms with Crippen LogP contribution in [-0.2, 0) is 21.8 Å². The lowest BCUT2D eigenvalue weighted by Crippen LogP contribution is -2.46. The third-order valence-corrected chi connectivity index (χ3v) is 4.90. The number of para-hydroxylation sites is 1. The van der Waals surface area contributed by atoms with Crippen LogP contribution in [0.4, 0.5) is 5.69 Å². The highest BCUT2D eigenvalue weighted by atomic mass is 32.2. The van der Waals surface area contributed by atoms with Gasteiger partial charge in [0.1, 0.15) is 6.04 Å². The molecule has 0 saturated carbocycles. The molecule has 5 heteroatoms. The monoisotopic (exact) mass is 326 g/mol. The first-order valence-electron chi connectivity index (χ1n) is 7.48. The molecule has 4 nitrogen and oxygen atoms in total. The minimum Gasteiger partial charge on any atom is -0.368 e. The molecule has 1 aliphatic heterocycles. The summed E-state index contributed by atoms with van der Waals surface area (Å²) in [6.45, 7) is 0. The summed E-state index contributed by atoms with van der Waals surface area (Å²) in [6, 6.07) is 17.0. The zero-order chi connectivity index (χ0) is 16.2. The molecule has 2 amide bonds. The number of anilines is 1. The van der Waals surface area contributed by atoms with Crippen LogP contribution in [0.2, 0.25) is 0 Å². The van der Waals surface area contributed by atoms with Crippen LogP contribution in [0.25, 0.3) is 0 Å². The molecule has 0 saturated heterocycles. The minimum absolute atomic E-state index is 0.0697. The van der Waals surface area contributed by atoms with E-state index < -0.39 is 11.9 Å². The average Bonchev–Trinajstić information content (AvgIpc) is 2.95. The summed E-state index contributed by atoms with van der Waals surface area (Å²) in [5.74, 6) is 0.568. The van der Waals surface area contributed by atoms with E-state index in [0.717, 1.165) is 17.0 Å². The first-order valence-corrected chi connectivity index (χ1v) is 8.63. The van der Waals surface area contributed by atoms with Gasteiger partial charge in [0.2, 0.25) is 11.8 Å². The van der Waals surface area contributed by atoms with Crippen molar-refractivity contribution in [1.29, 1.82) is 0 Å². The van der Waals surface area contributed by atoms with Crippen molar-refractivity contribution in [3.8, 4) is 0 Å². The topological polar surface area (TPSA) is 63.4 Å². The Balaban J connectivity index is 1.68. The number of amides is 2. The maximum atomic E-state index is 12.6. The third-order valence-electron chi connectivity index (χ3n) is 3.91. The van der Waals surface area contributed by atoms with Crippen LogP contribution in [0.3, 0.4) is 0 Å². The van der Waals surface area contributed by atoms with Crippen LogP contribution in [0.1, 0.15) is 11.1 Å². The lowest BCUT2D eigenvalue weighted by molar-refractivity contribution is -0.123. The van der Waals surface area contributed by atoms with Gasteiger partial charge in [-0.1, -0.05) is 48.5 Å². The van der Waals surface area contributed by atoms with Gasteiger partial charge in [0.15, 0.2) is 0 Å². The van der Waals surface area contributed by atoms with E-state index in [1.165, 1.54) is 5.56 Å². The van der Waals surface area contributed by atoms with E-state index in [0.29, 0.717) is 12.2 Å². The van der Waals surface area contributed by atoms with Gasteiger partial charge in [0.05, 0.1) is 5.75 Å². The Labute approximate surface area is 139 Å². The molecular formula is C18H18N2O2S. The van der Waals surface area contributed by atoms with Gasteiger partial charge >= 0.3 is 0 Å². The zero-order valence-corrected chi connectivity index (χ0v) is 13.5. The van der Waals surface area contributed by atoms with Crippen molar-refractivity contribution in [2.24, 2.45) is 5.73 Å². The Morgan fingerprint density at radius 2 is 1.78 bits per heavy atom. The number of thioether (sulfide) groups is 1. The Kier molecular flexibility index (Phi) is 4.67. The molecule has 0 fully saturated rings. The lowest BCUT2D eigenvalue weighted by Gasteiger charge is -2.23. The van der Waals surface area contributed by atoms with Crippen LogP contribution in [0.5, 0.6) is 0 Å². The van der Waals surface area contributed by atoms with Crippen LogP contribution in [0.15, 0.2) is 54.6 Å².